The van der Waals surface area contributed by atoms with Gasteiger partial charge in [-0.3, -0.25) is 0 Å². The van der Waals surface area contributed by atoms with Gasteiger partial charge in [0, 0.05) is 36.5 Å². The van der Waals surface area contributed by atoms with Gasteiger partial charge in [0.05, 0.1) is 5.88 Å². The molecule has 31 heavy (non-hydrogen) atoms. The van der Waals surface area contributed by atoms with Crippen LogP contribution in [-0.4, -0.2) is 20.3 Å². The third-order valence-electron chi connectivity index (χ3n) is 5.30. The van der Waals surface area contributed by atoms with Gasteiger partial charge in [-0.15, -0.1) is 11.8 Å². The largest absolute Gasteiger partial charge is 0.434 e. The molecule has 1 aliphatic heterocycles. The van der Waals surface area contributed by atoms with Crippen LogP contribution in [0.3, 0.4) is 0 Å². The Kier molecular flexibility index (Phi) is 5.88. The monoisotopic (exact) mass is 443 g/mol. The summed E-state index contributed by atoms with van der Waals surface area (Å²) in [6, 6.07) is 16.1. The number of nitrogens with zero attached hydrogens (tertiary/aromatic N) is 3. The highest BCUT2D eigenvalue weighted by Gasteiger charge is 2.34. The highest BCUT2D eigenvalue weighted by Crippen LogP contribution is 2.38. The summed E-state index contributed by atoms with van der Waals surface area (Å²) in [6.45, 7) is 5.16. The number of thioether (sulfide) groups is 1. The van der Waals surface area contributed by atoms with Crippen molar-refractivity contribution in [3.63, 3.8) is 0 Å². The fraction of sp³-hybridized carbons (Fsp3) is 0.292. The Hall–Kier alpha value is -2.67. The second kappa shape index (κ2) is 8.46. The maximum absolute atomic E-state index is 12.9. The Morgan fingerprint density at radius 1 is 1.06 bits per heavy atom. The number of aromatic nitrogens is 2. The molecule has 0 N–H and O–H groups in total. The zero-order valence-electron chi connectivity index (χ0n) is 17.6. The molecular formula is C24H24F3N3S. The van der Waals surface area contributed by atoms with Crippen molar-refractivity contribution in [3.8, 4) is 11.4 Å². The lowest BCUT2D eigenvalue weighted by atomic mass is 9.97. The summed E-state index contributed by atoms with van der Waals surface area (Å²) in [5.74, 6) is 1.64. The molecule has 2 heterocycles. The minimum atomic E-state index is -4.44. The van der Waals surface area contributed by atoms with E-state index in [1.165, 1.54) is 20.6 Å². The molecule has 0 radical (unpaired) electrons. The van der Waals surface area contributed by atoms with Crippen LogP contribution in [-0.2, 0) is 19.8 Å². The maximum atomic E-state index is 12.9. The van der Waals surface area contributed by atoms with Crippen LogP contribution in [0.15, 0.2) is 60.9 Å². The van der Waals surface area contributed by atoms with Gasteiger partial charge in [-0.25, -0.2) is 4.98 Å². The molecular weight excluding hydrogens is 419 g/mol. The van der Waals surface area contributed by atoms with E-state index in [-0.39, 0.29) is 0 Å². The normalized spacial score (nSPS) is 14.4. The summed E-state index contributed by atoms with van der Waals surface area (Å²) in [7, 11) is 1.58. The number of alkyl halides is 3. The fourth-order valence-corrected chi connectivity index (χ4v) is 4.76. The Bertz CT molecular complexity index is 1100. The minimum absolute atomic E-state index is 0.308. The molecule has 3 aromatic rings. The molecule has 162 valence electrons. The number of halogens is 3. The van der Waals surface area contributed by atoms with Crippen LogP contribution in [0.1, 0.15) is 42.1 Å². The van der Waals surface area contributed by atoms with E-state index in [2.05, 4.69) is 54.2 Å². The average Bonchev–Trinajstić information content (AvgIpc) is 3.35. The molecule has 0 aliphatic carbocycles. The van der Waals surface area contributed by atoms with Gasteiger partial charge in [-0.05, 0) is 22.6 Å². The Balaban J connectivity index is 1.49. The molecule has 0 fully saturated rings. The summed E-state index contributed by atoms with van der Waals surface area (Å²) in [5, 5.41) is 0. The summed E-state index contributed by atoms with van der Waals surface area (Å²) >= 11 is 1.83. The van der Waals surface area contributed by atoms with E-state index in [1.807, 2.05) is 36.0 Å². The number of hydrogen-bond acceptors (Lipinski definition) is 3. The number of aryl methyl sites for hydroxylation is 1. The van der Waals surface area contributed by atoms with Gasteiger partial charge in [0.25, 0.3) is 0 Å². The number of hydrogen-bond donors (Lipinski definition) is 0. The second-order valence-electron chi connectivity index (χ2n) is 8.01. The zero-order chi connectivity index (χ0) is 22.2. The average molecular weight is 444 g/mol. The van der Waals surface area contributed by atoms with E-state index >= 15 is 0 Å². The second-order valence-corrected chi connectivity index (χ2v) is 9.00. The first-order chi connectivity index (χ1) is 14.7. The predicted octanol–water partition coefficient (Wildman–Crippen LogP) is 6.73. The SMILES string of the molecule is CC(C)c1ccccc1C1=CN(Cc2ccc(-c3nc(C(F)(F)F)cn3C)cc2)CS1. The fourth-order valence-electron chi connectivity index (χ4n) is 3.72. The highest BCUT2D eigenvalue weighted by molar-refractivity contribution is 8.08. The molecule has 0 saturated heterocycles. The van der Waals surface area contributed by atoms with Crippen LogP contribution in [0, 0.1) is 0 Å². The van der Waals surface area contributed by atoms with Crippen LogP contribution >= 0.6 is 11.8 Å². The number of imidazole rings is 1. The first kappa shape index (κ1) is 21.6. The van der Waals surface area contributed by atoms with Crippen molar-refractivity contribution in [1.29, 1.82) is 0 Å². The van der Waals surface area contributed by atoms with Crippen molar-refractivity contribution in [1.82, 2.24) is 14.5 Å². The standard InChI is InChI=1S/C24H24F3N3S/c1-16(2)19-6-4-5-7-20(19)21-13-30(15-31-21)12-17-8-10-18(11-9-17)23-28-22(14-29(23)3)24(25,26)27/h4-11,13-14,16H,12,15H2,1-3H3. The molecule has 0 bridgehead atoms. The van der Waals surface area contributed by atoms with Crippen LogP contribution in [0.5, 0.6) is 0 Å². The van der Waals surface area contributed by atoms with Gasteiger partial charge in [0.15, 0.2) is 5.69 Å². The summed E-state index contributed by atoms with van der Waals surface area (Å²) in [4.78, 5) is 7.30. The summed E-state index contributed by atoms with van der Waals surface area (Å²) in [6.07, 6.45) is -1.22. The molecule has 0 atom stereocenters. The lowest BCUT2D eigenvalue weighted by Gasteiger charge is -2.14. The van der Waals surface area contributed by atoms with Crippen molar-refractivity contribution >= 4 is 16.7 Å². The van der Waals surface area contributed by atoms with E-state index in [4.69, 9.17) is 0 Å². The van der Waals surface area contributed by atoms with E-state index in [9.17, 15) is 13.2 Å². The molecule has 0 amide bonds. The van der Waals surface area contributed by atoms with Crippen LogP contribution in [0.25, 0.3) is 16.3 Å². The zero-order valence-corrected chi connectivity index (χ0v) is 18.5. The van der Waals surface area contributed by atoms with Gasteiger partial charge < -0.3 is 9.47 Å². The lowest BCUT2D eigenvalue weighted by molar-refractivity contribution is -0.140. The first-order valence-corrected chi connectivity index (χ1v) is 11.1. The Morgan fingerprint density at radius 2 is 1.77 bits per heavy atom. The summed E-state index contributed by atoms with van der Waals surface area (Å²) in [5.41, 5.74) is 3.53. The van der Waals surface area contributed by atoms with E-state index in [0.717, 1.165) is 24.2 Å². The van der Waals surface area contributed by atoms with Gasteiger partial charge in [-0.1, -0.05) is 62.4 Å². The molecule has 0 saturated carbocycles. The molecule has 1 aliphatic rings. The highest BCUT2D eigenvalue weighted by atomic mass is 32.2. The van der Waals surface area contributed by atoms with Crippen LogP contribution in [0.2, 0.25) is 0 Å². The first-order valence-electron chi connectivity index (χ1n) is 10.1. The van der Waals surface area contributed by atoms with E-state index in [1.54, 1.807) is 7.05 Å². The number of rotatable bonds is 5. The third-order valence-corrected chi connectivity index (χ3v) is 6.40. The lowest BCUT2D eigenvalue weighted by Crippen LogP contribution is -2.12. The number of benzene rings is 2. The third kappa shape index (κ3) is 4.66. The van der Waals surface area contributed by atoms with Gasteiger partial charge in [0.1, 0.15) is 5.82 Å². The van der Waals surface area contributed by atoms with E-state index < -0.39 is 11.9 Å². The van der Waals surface area contributed by atoms with Crippen molar-refractivity contribution in [3.05, 3.63) is 83.3 Å². The van der Waals surface area contributed by atoms with Crippen molar-refractivity contribution < 1.29 is 13.2 Å². The van der Waals surface area contributed by atoms with Gasteiger partial charge in [0.2, 0.25) is 0 Å². The summed E-state index contributed by atoms with van der Waals surface area (Å²) < 4.78 is 40.2. The molecule has 7 heteroatoms. The molecule has 2 aromatic carbocycles. The van der Waals surface area contributed by atoms with Crippen LogP contribution in [0.4, 0.5) is 13.2 Å². The van der Waals surface area contributed by atoms with Crippen molar-refractivity contribution in [2.45, 2.75) is 32.5 Å². The molecule has 0 spiro atoms. The Labute approximate surface area is 184 Å². The smallest absolute Gasteiger partial charge is 0.363 e. The topological polar surface area (TPSA) is 21.1 Å². The molecule has 1 aromatic heterocycles. The maximum Gasteiger partial charge on any atom is 0.434 e. The Morgan fingerprint density at radius 3 is 2.42 bits per heavy atom. The minimum Gasteiger partial charge on any atom is -0.363 e. The predicted molar refractivity (Wildman–Crippen MR) is 120 cm³/mol. The van der Waals surface area contributed by atoms with Gasteiger partial charge in [-0.2, -0.15) is 13.2 Å². The van der Waals surface area contributed by atoms with Crippen LogP contribution < -0.4 is 0 Å². The molecule has 3 nitrogen and oxygen atoms in total. The van der Waals surface area contributed by atoms with Crippen molar-refractivity contribution in [2.75, 3.05) is 5.88 Å². The van der Waals surface area contributed by atoms with Gasteiger partial charge >= 0.3 is 6.18 Å². The van der Waals surface area contributed by atoms with E-state index in [0.29, 0.717) is 17.3 Å². The molecule has 4 rings (SSSR count). The quantitative estimate of drug-likeness (QED) is 0.436. The molecule has 0 unspecified atom stereocenters. The van der Waals surface area contributed by atoms with Crippen molar-refractivity contribution in [2.24, 2.45) is 7.05 Å².